The van der Waals surface area contributed by atoms with E-state index in [0.29, 0.717) is 19.4 Å². The lowest BCUT2D eigenvalue weighted by atomic mass is 9.43. The molecule has 1 aliphatic carbocycles. The van der Waals surface area contributed by atoms with Crippen LogP contribution in [0.2, 0.25) is 0 Å². The summed E-state index contributed by atoms with van der Waals surface area (Å²) in [7, 11) is 3.07. The van der Waals surface area contributed by atoms with Crippen LogP contribution < -0.4 is 0 Å². The lowest BCUT2D eigenvalue weighted by molar-refractivity contribution is -0.176. The van der Waals surface area contributed by atoms with Gasteiger partial charge in [0.25, 0.3) is 0 Å². The van der Waals surface area contributed by atoms with Crippen LogP contribution in [-0.4, -0.2) is 55.9 Å². The van der Waals surface area contributed by atoms with Gasteiger partial charge in [-0.25, -0.2) is 0 Å². The van der Waals surface area contributed by atoms with E-state index in [1.54, 1.807) is 7.11 Å². The van der Waals surface area contributed by atoms with Crippen LogP contribution in [0.5, 0.6) is 0 Å². The van der Waals surface area contributed by atoms with Crippen molar-refractivity contribution in [2.24, 2.45) is 16.3 Å². The Kier molecular flexibility index (Phi) is 3.71. The number of piperidine rings is 2. The van der Waals surface area contributed by atoms with Gasteiger partial charge in [-0.15, -0.1) is 0 Å². The topological polar surface area (TPSA) is 68.2 Å². The molecule has 4 aliphatic rings. The first-order chi connectivity index (χ1) is 13.6. The maximum atomic E-state index is 13.4. The smallest absolute Gasteiger partial charge is 0.321 e. The molecule has 0 amide bonds. The zero-order valence-electron chi connectivity index (χ0n) is 16.3. The molecular weight excluding hydrogens is 356 g/mol. The van der Waals surface area contributed by atoms with Gasteiger partial charge in [-0.3, -0.25) is 14.7 Å². The summed E-state index contributed by atoms with van der Waals surface area (Å²) in [5.74, 6) is -0.675. The number of aldehydes is 1. The van der Waals surface area contributed by atoms with E-state index in [-0.39, 0.29) is 18.2 Å². The third-order valence-electron chi connectivity index (χ3n) is 7.49. The lowest BCUT2D eigenvalue weighted by Crippen LogP contribution is -2.76. The van der Waals surface area contributed by atoms with Crippen molar-refractivity contribution in [3.63, 3.8) is 0 Å². The van der Waals surface area contributed by atoms with Crippen molar-refractivity contribution < 1.29 is 19.1 Å². The molecule has 28 heavy (non-hydrogen) atoms. The van der Waals surface area contributed by atoms with Gasteiger partial charge in [-0.2, -0.15) is 0 Å². The van der Waals surface area contributed by atoms with Crippen molar-refractivity contribution in [2.45, 2.75) is 37.5 Å². The molecule has 0 radical (unpaired) electrons. The summed E-state index contributed by atoms with van der Waals surface area (Å²) < 4.78 is 11.2. The Balaban J connectivity index is 1.90. The lowest BCUT2D eigenvalue weighted by Gasteiger charge is -2.64. The second-order valence-corrected chi connectivity index (χ2v) is 8.13. The van der Waals surface area contributed by atoms with Crippen LogP contribution in [-0.2, 0) is 24.5 Å². The standard InChI is InChI=1S/C22H24N2O4/c1-4-13-11-24-17-9-15(13)22(12-25,20(26)28-3)21(10-18(24)27-2)14-7-5-6-8-16(14)23-19(17)21/h4-8,12,15,17-18H,9-11H2,1-3H3/b13-4+/t15-,17?,18+,21-,22+/m1/s1. The van der Waals surface area contributed by atoms with Crippen LogP contribution in [0.25, 0.3) is 0 Å². The first-order valence-electron chi connectivity index (χ1n) is 9.76. The zero-order valence-corrected chi connectivity index (χ0v) is 16.3. The SMILES string of the molecule is C/C=C1\CN2C3C[C@H]1[C@@](C=O)(C(=O)OC)[C@@]1(C[C@@H]2OC)C3=Nc2ccccc21. The monoisotopic (exact) mass is 380 g/mol. The number of hydrogen-bond acceptors (Lipinski definition) is 6. The maximum Gasteiger partial charge on any atom is 0.321 e. The molecule has 1 saturated carbocycles. The molecule has 2 saturated heterocycles. The number of hydrogen-bond donors (Lipinski definition) is 0. The molecule has 6 heteroatoms. The third-order valence-corrected chi connectivity index (χ3v) is 7.49. The molecule has 1 aromatic rings. The molecule has 0 spiro atoms. The van der Waals surface area contributed by atoms with Crippen LogP contribution in [0.3, 0.4) is 0 Å². The van der Waals surface area contributed by atoms with Crippen LogP contribution in [0.1, 0.15) is 25.3 Å². The second-order valence-electron chi connectivity index (χ2n) is 8.13. The number of benzene rings is 1. The van der Waals surface area contributed by atoms with Crippen molar-refractivity contribution in [1.29, 1.82) is 0 Å². The van der Waals surface area contributed by atoms with E-state index in [1.807, 2.05) is 37.3 Å². The van der Waals surface area contributed by atoms with Gasteiger partial charge in [-0.1, -0.05) is 29.8 Å². The number of nitrogens with zero attached hydrogens (tertiary/aromatic N) is 2. The van der Waals surface area contributed by atoms with E-state index in [1.165, 1.54) is 7.11 Å². The number of para-hydroxylation sites is 1. The normalized spacial score (nSPS) is 39.3. The number of carbonyl (C=O) groups is 2. The van der Waals surface area contributed by atoms with Crippen molar-refractivity contribution >= 4 is 23.7 Å². The molecule has 3 aliphatic heterocycles. The Hall–Kier alpha value is -2.31. The number of esters is 1. The number of allylic oxidation sites excluding steroid dienone is 1. The molecule has 3 fully saturated rings. The molecule has 6 nitrogen and oxygen atoms in total. The Labute approximate surface area is 164 Å². The van der Waals surface area contributed by atoms with E-state index >= 15 is 0 Å². The molecule has 1 aromatic carbocycles. The molecule has 0 aromatic heterocycles. The maximum absolute atomic E-state index is 13.4. The van der Waals surface area contributed by atoms with Gasteiger partial charge in [0, 0.05) is 31.7 Å². The van der Waals surface area contributed by atoms with Gasteiger partial charge >= 0.3 is 5.97 Å². The molecular formula is C22H24N2O4. The third kappa shape index (κ3) is 1.74. The Morgan fingerprint density at radius 3 is 2.79 bits per heavy atom. The van der Waals surface area contributed by atoms with Gasteiger partial charge in [0.05, 0.1) is 24.3 Å². The molecule has 5 atom stereocenters. The minimum absolute atomic E-state index is 0.0533. The highest BCUT2D eigenvalue weighted by Gasteiger charge is 2.75. The van der Waals surface area contributed by atoms with Crippen molar-refractivity contribution in [3.8, 4) is 0 Å². The fourth-order valence-corrected chi connectivity index (χ4v) is 6.37. The van der Waals surface area contributed by atoms with Crippen LogP contribution in [0.15, 0.2) is 40.9 Å². The minimum Gasteiger partial charge on any atom is -0.468 e. The predicted octanol–water partition coefficient (Wildman–Crippen LogP) is 2.40. The van der Waals surface area contributed by atoms with Crippen molar-refractivity contribution in [3.05, 3.63) is 41.5 Å². The minimum atomic E-state index is -1.34. The summed E-state index contributed by atoms with van der Waals surface area (Å²) in [6.07, 6.45) is 3.88. The van der Waals surface area contributed by atoms with Gasteiger partial charge in [-0.05, 0) is 25.0 Å². The average molecular weight is 380 g/mol. The first-order valence-corrected chi connectivity index (χ1v) is 9.76. The largest absolute Gasteiger partial charge is 0.468 e. The molecule has 5 rings (SSSR count). The van der Waals surface area contributed by atoms with Crippen molar-refractivity contribution in [2.75, 3.05) is 20.8 Å². The average Bonchev–Trinajstić information content (AvgIpc) is 3.09. The quantitative estimate of drug-likeness (QED) is 0.349. The fourth-order valence-electron chi connectivity index (χ4n) is 6.37. The summed E-state index contributed by atoms with van der Waals surface area (Å²) in [6, 6.07) is 7.92. The van der Waals surface area contributed by atoms with Gasteiger partial charge < -0.3 is 14.3 Å². The van der Waals surface area contributed by atoms with Gasteiger partial charge in [0.15, 0.2) is 0 Å². The number of fused-ring (bicyclic) bond motifs is 2. The summed E-state index contributed by atoms with van der Waals surface area (Å²) in [6.45, 7) is 2.64. The Morgan fingerprint density at radius 1 is 1.32 bits per heavy atom. The van der Waals surface area contributed by atoms with E-state index < -0.39 is 16.8 Å². The van der Waals surface area contributed by atoms with Gasteiger partial charge in [0.1, 0.15) is 17.9 Å². The van der Waals surface area contributed by atoms with Crippen molar-refractivity contribution in [1.82, 2.24) is 4.90 Å². The molecule has 3 heterocycles. The summed E-state index contributed by atoms with van der Waals surface area (Å²) in [4.78, 5) is 33.7. The Bertz CT molecular complexity index is 938. The first kappa shape index (κ1) is 17.8. The molecule has 146 valence electrons. The van der Waals surface area contributed by atoms with Crippen LogP contribution in [0, 0.1) is 11.3 Å². The highest BCUT2D eigenvalue weighted by atomic mass is 16.5. The molecule has 1 unspecified atom stereocenters. The molecule has 0 N–H and O–H groups in total. The summed E-state index contributed by atoms with van der Waals surface area (Å²) in [5, 5.41) is 0. The molecule has 3 bridgehead atoms. The van der Waals surface area contributed by atoms with E-state index in [0.717, 1.165) is 28.8 Å². The highest BCUT2D eigenvalue weighted by Crippen LogP contribution is 2.66. The highest BCUT2D eigenvalue weighted by molar-refractivity contribution is 6.15. The van der Waals surface area contributed by atoms with E-state index in [9.17, 15) is 9.59 Å². The van der Waals surface area contributed by atoms with Gasteiger partial charge in [0.2, 0.25) is 0 Å². The second kappa shape index (κ2) is 5.84. The van der Waals surface area contributed by atoms with E-state index in [2.05, 4.69) is 4.90 Å². The van der Waals surface area contributed by atoms with Crippen LogP contribution >= 0.6 is 0 Å². The number of aliphatic imine (C=N–C) groups is 1. The summed E-state index contributed by atoms with van der Waals surface area (Å²) >= 11 is 0. The van der Waals surface area contributed by atoms with Crippen LogP contribution in [0.4, 0.5) is 5.69 Å². The number of methoxy groups -OCH3 is 2. The number of carbonyl (C=O) groups excluding carboxylic acids is 2. The number of ether oxygens (including phenoxy) is 2. The Morgan fingerprint density at radius 2 is 2.11 bits per heavy atom. The number of rotatable bonds is 3. The summed E-state index contributed by atoms with van der Waals surface area (Å²) in [5.41, 5.74) is 1.63. The zero-order chi connectivity index (χ0) is 19.7. The predicted molar refractivity (Wildman–Crippen MR) is 104 cm³/mol. The fraction of sp³-hybridized carbons (Fsp3) is 0.500. The van der Waals surface area contributed by atoms with E-state index in [4.69, 9.17) is 14.5 Å².